The van der Waals surface area contributed by atoms with Crippen LogP contribution < -0.4 is 10.6 Å². The lowest BCUT2D eigenvalue weighted by atomic mass is 9.99. The monoisotopic (exact) mass is 338 g/mol. The number of esters is 1. The molecular formula is C16H22N2O4S. The van der Waals surface area contributed by atoms with Crippen molar-refractivity contribution in [1.29, 1.82) is 0 Å². The number of carbonyl (C=O) groups excluding carboxylic acids is 3. The van der Waals surface area contributed by atoms with Crippen molar-refractivity contribution in [3.63, 3.8) is 0 Å². The SMILES string of the molecule is CC[C@@H](C)NC(=O)NC(=O)COC(=O)c1cc2c(s1)CCCC2. The van der Waals surface area contributed by atoms with Gasteiger partial charge >= 0.3 is 12.0 Å². The topological polar surface area (TPSA) is 84.5 Å². The van der Waals surface area contributed by atoms with Gasteiger partial charge in [0.2, 0.25) is 0 Å². The van der Waals surface area contributed by atoms with Gasteiger partial charge in [-0.3, -0.25) is 10.1 Å². The number of hydrogen-bond donors (Lipinski definition) is 2. The summed E-state index contributed by atoms with van der Waals surface area (Å²) in [5, 5.41) is 4.74. The highest BCUT2D eigenvalue weighted by Crippen LogP contribution is 2.29. The maximum Gasteiger partial charge on any atom is 0.348 e. The molecule has 7 heteroatoms. The summed E-state index contributed by atoms with van der Waals surface area (Å²) in [6.07, 6.45) is 5.06. The molecule has 0 saturated carbocycles. The van der Waals surface area contributed by atoms with Crippen LogP contribution in [0.1, 0.15) is 53.2 Å². The zero-order chi connectivity index (χ0) is 16.8. The zero-order valence-corrected chi connectivity index (χ0v) is 14.3. The van der Waals surface area contributed by atoms with Crippen molar-refractivity contribution >= 4 is 29.2 Å². The Morgan fingerprint density at radius 3 is 2.74 bits per heavy atom. The Balaban J connectivity index is 1.78. The van der Waals surface area contributed by atoms with Crippen LogP contribution in [0.15, 0.2) is 6.07 Å². The highest BCUT2D eigenvalue weighted by Gasteiger charge is 2.19. The molecule has 6 nitrogen and oxygen atoms in total. The van der Waals surface area contributed by atoms with Crippen LogP contribution in [0.25, 0.3) is 0 Å². The van der Waals surface area contributed by atoms with Crippen LogP contribution in [0.4, 0.5) is 4.79 Å². The summed E-state index contributed by atoms with van der Waals surface area (Å²) in [5.74, 6) is -1.15. The number of carbonyl (C=O) groups is 3. The number of fused-ring (bicyclic) bond motifs is 1. The zero-order valence-electron chi connectivity index (χ0n) is 13.4. The summed E-state index contributed by atoms with van der Waals surface area (Å²) in [5.41, 5.74) is 1.21. The summed E-state index contributed by atoms with van der Waals surface area (Å²) >= 11 is 1.43. The van der Waals surface area contributed by atoms with Crippen molar-refractivity contribution in [3.8, 4) is 0 Å². The predicted molar refractivity (Wildman–Crippen MR) is 87.7 cm³/mol. The van der Waals surface area contributed by atoms with E-state index in [9.17, 15) is 14.4 Å². The molecule has 126 valence electrons. The highest BCUT2D eigenvalue weighted by atomic mass is 32.1. The fraction of sp³-hybridized carbons (Fsp3) is 0.562. The average Bonchev–Trinajstić information content (AvgIpc) is 2.96. The van der Waals surface area contributed by atoms with Crippen LogP contribution in [0.2, 0.25) is 0 Å². The third kappa shape index (κ3) is 5.06. The average molecular weight is 338 g/mol. The van der Waals surface area contributed by atoms with Crippen LogP contribution in [0.3, 0.4) is 0 Å². The molecule has 0 saturated heterocycles. The minimum absolute atomic E-state index is 0.0252. The lowest BCUT2D eigenvalue weighted by Gasteiger charge is -2.11. The number of aryl methyl sites for hydroxylation is 2. The summed E-state index contributed by atoms with van der Waals surface area (Å²) < 4.78 is 4.98. The van der Waals surface area contributed by atoms with E-state index >= 15 is 0 Å². The van der Waals surface area contributed by atoms with Crippen molar-refractivity contribution in [2.45, 2.75) is 52.0 Å². The molecule has 1 aliphatic carbocycles. The minimum atomic E-state index is -0.638. The second-order valence-corrected chi connectivity index (χ2v) is 6.81. The molecule has 0 fully saturated rings. The number of nitrogens with one attached hydrogen (secondary N) is 2. The highest BCUT2D eigenvalue weighted by molar-refractivity contribution is 7.14. The molecule has 1 aromatic rings. The Kier molecular flexibility index (Phi) is 6.15. The molecule has 1 heterocycles. The maximum atomic E-state index is 12.0. The quantitative estimate of drug-likeness (QED) is 0.808. The smallest absolute Gasteiger partial charge is 0.348 e. The molecule has 1 atom stereocenters. The number of amides is 3. The van der Waals surface area contributed by atoms with Crippen molar-refractivity contribution in [2.75, 3.05) is 6.61 Å². The molecule has 0 bridgehead atoms. The second kappa shape index (κ2) is 8.10. The van der Waals surface area contributed by atoms with Crippen molar-refractivity contribution < 1.29 is 19.1 Å². The van der Waals surface area contributed by atoms with Gasteiger partial charge in [0.05, 0.1) is 0 Å². The molecule has 0 aliphatic heterocycles. The first kappa shape index (κ1) is 17.5. The Morgan fingerprint density at radius 2 is 2.04 bits per heavy atom. The molecule has 2 N–H and O–H groups in total. The van der Waals surface area contributed by atoms with Gasteiger partial charge in [0.25, 0.3) is 5.91 Å². The lowest BCUT2D eigenvalue weighted by Crippen LogP contribution is -2.44. The summed E-state index contributed by atoms with van der Waals surface area (Å²) in [6, 6.07) is 1.25. The van der Waals surface area contributed by atoms with E-state index in [-0.39, 0.29) is 6.04 Å². The Labute approximate surface area is 139 Å². The van der Waals surface area contributed by atoms with Gasteiger partial charge in [-0.2, -0.15) is 0 Å². The normalized spacial score (nSPS) is 14.5. The van der Waals surface area contributed by atoms with E-state index in [0.29, 0.717) is 4.88 Å². The third-order valence-electron chi connectivity index (χ3n) is 3.77. The number of ether oxygens (including phenoxy) is 1. The molecule has 23 heavy (non-hydrogen) atoms. The fourth-order valence-corrected chi connectivity index (χ4v) is 3.47. The first-order chi connectivity index (χ1) is 11.0. The number of rotatable bonds is 5. The van der Waals surface area contributed by atoms with Crippen molar-refractivity contribution in [2.24, 2.45) is 0 Å². The maximum absolute atomic E-state index is 12.0. The van der Waals surface area contributed by atoms with Crippen molar-refractivity contribution in [3.05, 3.63) is 21.4 Å². The van der Waals surface area contributed by atoms with Gasteiger partial charge in [-0.1, -0.05) is 6.92 Å². The van der Waals surface area contributed by atoms with E-state index in [2.05, 4.69) is 10.6 Å². The van der Waals surface area contributed by atoms with Crippen LogP contribution in [0, 0.1) is 0 Å². The minimum Gasteiger partial charge on any atom is -0.451 e. The Hall–Kier alpha value is -1.89. The third-order valence-corrected chi connectivity index (χ3v) is 4.99. The van der Waals surface area contributed by atoms with E-state index in [1.54, 1.807) is 0 Å². The Morgan fingerprint density at radius 1 is 1.30 bits per heavy atom. The van der Waals surface area contributed by atoms with Crippen LogP contribution in [-0.4, -0.2) is 30.6 Å². The van der Waals surface area contributed by atoms with Crippen LogP contribution >= 0.6 is 11.3 Å². The molecular weight excluding hydrogens is 316 g/mol. The molecule has 0 radical (unpaired) electrons. The summed E-state index contributed by atoms with van der Waals surface area (Å²) in [6.45, 7) is 3.30. The molecule has 0 unspecified atom stereocenters. The van der Waals surface area contributed by atoms with Gasteiger partial charge in [0.1, 0.15) is 4.88 Å². The predicted octanol–water partition coefficient (Wildman–Crippen LogP) is 2.41. The largest absolute Gasteiger partial charge is 0.451 e. The number of hydrogen-bond acceptors (Lipinski definition) is 5. The fourth-order valence-electron chi connectivity index (χ4n) is 2.32. The van der Waals surface area contributed by atoms with Gasteiger partial charge in [-0.15, -0.1) is 11.3 Å². The number of imide groups is 1. The second-order valence-electron chi connectivity index (χ2n) is 5.67. The summed E-state index contributed by atoms with van der Waals surface area (Å²) in [4.78, 5) is 36.8. The molecule has 1 aromatic heterocycles. The van der Waals surface area contributed by atoms with Crippen LogP contribution in [-0.2, 0) is 22.4 Å². The molecule has 3 amide bonds. The standard InChI is InChI=1S/C16H22N2O4S/c1-3-10(2)17-16(21)18-14(19)9-22-15(20)13-8-11-6-4-5-7-12(11)23-13/h8,10H,3-7,9H2,1-2H3,(H2,17,18,19,21)/t10-/m1/s1. The van der Waals surface area contributed by atoms with Gasteiger partial charge in [0, 0.05) is 10.9 Å². The van der Waals surface area contributed by atoms with E-state index in [4.69, 9.17) is 4.74 Å². The van der Waals surface area contributed by atoms with Crippen LogP contribution in [0.5, 0.6) is 0 Å². The van der Waals surface area contributed by atoms with Gasteiger partial charge in [-0.05, 0) is 50.7 Å². The van der Waals surface area contributed by atoms with Gasteiger partial charge in [-0.25, -0.2) is 9.59 Å². The van der Waals surface area contributed by atoms with Crippen molar-refractivity contribution in [1.82, 2.24) is 10.6 Å². The molecule has 1 aliphatic rings. The molecule has 0 spiro atoms. The number of thiophene rings is 1. The van der Waals surface area contributed by atoms with E-state index in [1.165, 1.54) is 21.8 Å². The lowest BCUT2D eigenvalue weighted by molar-refractivity contribution is -0.123. The van der Waals surface area contributed by atoms with E-state index in [1.807, 2.05) is 19.9 Å². The van der Waals surface area contributed by atoms with E-state index < -0.39 is 24.5 Å². The molecule has 2 rings (SSSR count). The molecule has 0 aromatic carbocycles. The summed E-state index contributed by atoms with van der Waals surface area (Å²) in [7, 11) is 0. The van der Waals surface area contributed by atoms with Gasteiger partial charge in [0.15, 0.2) is 6.61 Å². The van der Waals surface area contributed by atoms with E-state index in [0.717, 1.165) is 32.1 Å². The Bertz CT molecular complexity index is 573. The number of urea groups is 1. The first-order valence-electron chi connectivity index (χ1n) is 7.88. The first-order valence-corrected chi connectivity index (χ1v) is 8.70. The van der Waals surface area contributed by atoms with Gasteiger partial charge < -0.3 is 10.1 Å².